The van der Waals surface area contributed by atoms with Gasteiger partial charge in [0.05, 0.1) is 5.69 Å². The van der Waals surface area contributed by atoms with Crippen molar-refractivity contribution in [2.24, 2.45) is 0 Å². The molecular weight excluding hydrogens is 180 g/mol. The van der Waals surface area contributed by atoms with Crippen molar-refractivity contribution < 1.29 is 0 Å². The Morgan fingerprint density at radius 2 is 2.08 bits per heavy atom. The van der Waals surface area contributed by atoms with Gasteiger partial charge >= 0.3 is 0 Å². The van der Waals surface area contributed by atoms with E-state index in [0.717, 1.165) is 11.1 Å². The molecule has 0 spiro atoms. The predicted molar refractivity (Wildman–Crippen MR) is 57.8 cm³/mol. The molecule has 2 aromatic carbocycles. The van der Waals surface area contributed by atoms with Crippen molar-refractivity contribution in [2.45, 2.75) is 4.90 Å². The van der Waals surface area contributed by atoms with Gasteiger partial charge in [0, 0.05) is 21.4 Å². The summed E-state index contributed by atoms with van der Waals surface area (Å²) in [5.74, 6) is 0. The van der Waals surface area contributed by atoms with Crippen LogP contribution >= 0.6 is 11.9 Å². The molecule has 0 radical (unpaired) electrons. The number of rotatable bonds is 0. The van der Waals surface area contributed by atoms with Crippen LogP contribution < -0.4 is 10.5 Å². The number of benzene rings is 2. The molecule has 13 heavy (non-hydrogen) atoms. The summed E-state index contributed by atoms with van der Waals surface area (Å²) in [6.45, 7) is 0. The first-order valence-corrected chi connectivity index (χ1v) is 4.92. The standard InChI is InChI=1S/C10H8N2S/c11-7-4-5-8-10-6(7)2-1-3-9(10)13-12-8/h1-5,12H,11H2. The highest BCUT2D eigenvalue weighted by molar-refractivity contribution is 8.01. The van der Waals surface area contributed by atoms with Gasteiger partial charge < -0.3 is 10.5 Å². The van der Waals surface area contributed by atoms with Crippen LogP contribution in [0.4, 0.5) is 11.4 Å². The van der Waals surface area contributed by atoms with Crippen LogP contribution in [0.5, 0.6) is 0 Å². The molecular formula is C10H8N2S. The highest BCUT2D eigenvalue weighted by Gasteiger charge is 2.14. The lowest BCUT2D eigenvalue weighted by Gasteiger charge is -2.02. The van der Waals surface area contributed by atoms with Crippen molar-refractivity contribution >= 4 is 34.1 Å². The smallest absolute Gasteiger partial charge is 0.0535 e. The maximum Gasteiger partial charge on any atom is 0.0535 e. The molecule has 0 aliphatic carbocycles. The van der Waals surface area contributed by atoms with Gasteiger partial charge in [0.15, 0.2) is 0 Å². The zero-order valence-corrected chi connectivity index (χ0v) is 7.69. The second kappa shape index (κ2) is 2.33. The Kier molecular flexibility index (Phi) is 1.27. The minimum Gasteiger partial charge on any atom is -0.398 e. The Morgan fingerprint density at radius 3 is 3.00 bits per heavy atom. The van der Waals surface area contributed by atoms with Crippen molar-refractivity contribution in [3.05, 3.63) is 30.3 Å². The van der Waals surface area contributed by atoms with Crippen LogP contribution in [0.25, 0.3) is 10.8 Å². The number of hydrogen-bond donors (Lipinski definition) is 2. The quantitative estimate of drug-likeness (QED) is 0.493. The molecule has 0 aromatic heterocycles. The van der Waals surface area contributed by atoms with Gasteiger partial charge in [-0.1, -0.05) is 12.1 Å². The number of nitrogens with two attached hydrogens (primary N) is 1. The van der Waals surface area contributed by atoms with E-state index in [4.69, 9.17) is 5.73 Å². The van der Waals surface area contributed by atoms with Crippen LogP contribution in [-0.2, 0) is 0 Å². The molecule has 1 aliphatic rings. The van der Waals surface area contributed by atoms with E-state index in [-0.39, 0.29) is 0 Å². The molecule has 0 saturated carbocycles. The van der Waals surface area contributed by atoms with Gasteiger partial charge in [0.25, 0.3) is 0 Å². The lowest BCUT2D eigenvalue weighted by Crippen LogP contribution is -1.86. The molecule has 0 amide bonds. The van der Waals surface area contributed by atoms with Gasteiger partial charge in [-0.15, -0.1) is 0 Å². The van der Waals surface area contributed by atoms with Gasteiger partial charge in [0.1, 0.15) is 0 Å². The van der Waals surface area contributed by atoms with Crippen molar-refractivity contribution in [1.82, 2.24) is 0 Å². The molecule has 2 aromatic rings. The Morgan fingerprint density at radius 1 is 1.15 bits per heavy atom. The Balaban J connectivity index is 2.58. The molecule has 0 unspecified atom stereocenters. The summed E-state index contributed by atoms with van der Waals surface area (Å²) in [6, 6.07) is 10.2. The molecule has 0 saturated heterocycles. The highest BCUT2D eigenvalue weighted by Crippen LogP contribution is 2.42. The zero-order valence-electron chi connectivity index (χ0n) is 6.87. The average Bonchev–Trinajstić information content (AvgIpc) is 2.57. The fourth-order valence-corrected chi connectivity index (χ4v) is 2.53. The number of anilines is 2. The predicted octanol–water partition coefficient (Wildman–Crippen LogP) is 2.85. The lowest BCUT2D eigenvalue weighted by atomic mass is 10.1. The highest BCUT2D eigenvalue weighted by atomic mass is 32.2. The van der Waals surface area contributed by atoms with E-state index in [1.807, 2.05) is 18.2 Å². The first kappa shape index (κ1) is 7.09. The van der Waals surface area contributed by atoms with Crippen molar-refractivity contribution in [3.8, 4) is 0 Å². The molecule has 3 heteroatoms. The Bertz CT molecular complexity index is 483. The summed E-state index contributed by atoms with van der Waals surface area (Å²) in [6.07, 6.45) is 0. The zero-order chi connectivity index (χ0) is 8.84. The maximum atomic E-state index is 5.88. The molecule has 0 fully saturated rings. The molecule has 0 atom stereocenters. The van der Waals surface area contributed by atoms with Crippen LogP contribution in [-0.4, -0.2) is 0 Å². The molecule has 1 heterocycles. The summed E-state index contributed by atoms with van der Waals surface area (Å²) in [5.41, 5.74) is 7.91. The van der Waals surface area contributed by atoms with E-state index >= 15 is 0 Å². The lowest BCUT2D eigenvalue weighted by molar-refractivity contribution is 1.58. The molecule has 64 valence electrons. The van der Waals surface area contributed by atoms with Crippen molar-refractivity contribution in [2.75, 3.05) is 10.5 Å². The summed E-state index contributed by atoms with van der Waals surface area (Å²) in [5, 5.41) is 2.40. The Hall–Kier alpha value is -1.35. The van der Waals surface area contributed by atoms with E-state index in [2.05, 4.69) is 16.9 Å². The van der Waals surface area contributed by atoms with Crippen LogP contribution in [0.1, 0.15) is 0 Å². The molecule has 0 bridgehead atoms. The van der Waals surface area contributed by atoms with Gasteiger partial charge in [-0.05, 0) is 30.1 Å². The van der Waals surface area contributed by atoms with Crippen molar-refractivity contribution in [3.63, 3.8) is 0 Å². The number of nitrogens with one attached hydrogen (secondary N) is 1. The first-order chi connectivity index (χ1) is 6.36. The topological polar surface area (TPSA) is 38.0 Å². The van der Waals surface area contributed by atoms with Gasteiger partial charge in [-0.2, -0.15) is 0 Å². The van der Waals surface area contributed by atoms with E-state index in [1.54, 1.807) is 11.9 Å². The number of hydrogen-bond acceptors (Lipinski definition) is 3. The summed E-state index contributed by atoms with van der Waals surface area (Å²) >= 11 is 1.65. The normalized spacial score (nSPS) is 13.2. The Labute approximate surface area is 80.3 Å². The van der Waals surface area contributed by atoms with Gasteiger partial charge in [0.2, 0.25) is 0 Å². The summed E-state index contributed by atoms with van der Waals surface area (Å²) in [7, 11) is 0. The van der Waals surface area contributed by atoms with Gasteiger partial charge in [-0.25, -0.2) is 0 Å². The fourth-order valence-electron chi connectivity index (χ4n) is 1.68. The van der Waals surface area contributed by atoms with E-state index in [0.29, 0.717) is 0 Å². The second-order valence-electron chi connectivity index (χ2n) is 3.09. The first-order valence-electron chi connectivity index (χ1n) is 4.10. The summed E-state index contributed by atoms with van der Waals surface area (Å²) in [4.78, 5) is 1.26. The third-order valence-electron chi connectivity index (χ3n) is 2.31. The van der Waals surface area contributed by atoms with Crippen molar-refractivity contribution in [1.29, 1.82) is 0 Å². The minimum atomic E-state index is 0.852. The monoisotopic (exact) mass is 188 g/mol. The summed E-state index contributed by atoms with van der Waals surface area (Å²) < 4.78 is 3.26. The largest absolute Gasteiger partial charge is 0.398 e. The average molecular weight is 188 g/mol. The molecule has 2 nitrogen and oxygen atoms in total. The van der Waals surface area contributed by atoms with E-state index in [9.17, 15) is 0 Å². The minimum absolute atomic E-state index is 0.852. The number of nitrogen functional groups attached to an aromatic ring is 1. The molecule has 3 rings (SSSR count). The van der Waals surface area contributed by atoms with Crippen LogP contribution in [0, 0.1) is 0 Å². The fraction of sp³-hybridized carbons (Fsp3) is 0. The van der Waals surface area contributed by atoms with E-state index in [1.165, 1.54) is 16.0 Å². The van der Waals surface area contributed by atoms with Crippen LogP contribution in [0.15, 0.2) is 35.2 Å². The van der Waals surface area contributed by atoms with Gasteiger partial charge in [-0.3, -0.25) is 0 Å². The molecule has 3 N–H and O–H groups in total. The maximum absolute atomic E-state index is 5.88. The second-order valence-corrected chi connectivity index (χ2v) is 3.93. The van der Waals surface area contributed by atoms with Crippen LogP contribution in [0.3, 0.4) is 0 Å². The molecule has 1 aliphatic heterocycles. The third-order valence-corrected chi connectivity index (χ3v) is 3.19. The SMILES string of the molecule is Nc1ccc2c3c(cccc13)SN2. The third kappa shape index (κ3) is 0.848. The van der Waals surface area contributed by atoms with E-state index < -0.39 is 0 Å². The van der Waals surface area contributed by atoms with Crippen LogP contribution in [0.2, 0.25) is 0 Å².